The predicted molar refractivity (Wildman–Crippen MR) is 59.7 cm³/mol. The fourth-order valence-electron chi connectivity index (χ4n) is 2.40. The average molecular weight is 256 g/mol. The molecule has 2 N–H and O–H groups in total. The second-order valence-electron chi connectivity index (χ2n) is 4.13. The minimum Gasteiger partial charge on any atom is -0.463 e. The zero-order valence-electron chi connectivity index (χ0n) is 8.96. The summed E-state index contributed by atoms with van der Waals surface area (Å²) in [7, 11) is -4.24. The van der Waals surface area contributed by atoms with Crippen LogP contribution in [0.15, 0.2) is 35.4 Å². The number of hydrogen-bond donors (Lipinski definition) is 2. The van der Waals surface area contributed by atoms with Crippen molar-refractivity contribution in [3.63, 3.8) is 0 Å². The Morgan fingerprint density at radius 2 is 2.35 bits per heavy atom. The second kappa shape index (κ2) is 3.59. The zero-order valence-corrected chi connectivity index (χ0v) is 9.77. The monoisotopic (exact) mass is 256 g/mol. The molecule has 3 rings (SSSR count). The SMILES string of the molecule is O=S(=O)(O)N1CNC2CCC3=CC=COC3=C21. The molecular weight excluding hydrogens is 244 g/mol. The maximum atomic E-state index is 11.3. The molecule has 0 aromatic heterocycles. The van der Waals surface area contributed by atoms with E-state index < -0.39 is 10.3 Å². The smallest absolute Gasteiger partial charge is 0.361 e. The Morgan fingerprint density at radius 3 is 3.12 bits per heavy atom. The first kappa shape index (κ1) is 10.8. The van der Waals surface area contributed by atoms with Gasteiger partial charge in [0.05, 0.1) is 24.7 Å². The van der Waals surface area contributed by atoms with Gasteiger partial charge in [0.15, 0.2) is 5.76 Å². The molecule has 1 fully saturated rings. The van der Waals surface area contributed by atoms with Gasteiger partial charge in [-0.25, -0.2) is 4.31 Å². The molecule has 0 aromatic carbocycles. The van der Waals surface area contributed by atoms with Gasteiger partial charge in [-0.1, -0.05) is 6.08 Å². The van der Waals surface area contributed by atoms with E-state index in [-0.39, 0.29) is 12.7 Å². The minimum atomic E-state index is -4.24. The lowest BCUT2D eigenvalue weighted by molar-refractivity contribution is 0.318. The van der Waals surface area contributed by atoms with Crippen LogP contribution >= 0.6 is 0 Å². The maximum absolute atomic E-state index is 11.3. The summed E-state index contributed by atoms with van der Waals surface area (Å²) in [5.74, 6) is 0.548. The van der Waals surface area contributed by atoms with E-state index in [1.807, 2.05) is 6.08 Å². The molecule has 1 atom stereocenters. The van der Waals surface area contributed by atoms with Crippen LogP contribution in [-0.2, 0) is 15.0 Å². The molecular formula is C10H12N2O4S. The van der Waals surface area contributed by atoms with E-state index in [2.05, 4.69) is 5.32 Å². The van der Waals surface area contributed by atoms with Crippen LogP contribution in [0.3, 0.4) is 0 Å². The highest BCUT2D eigenvalue weighted by Gasteiger charge is 2.40. The van der Waals surface area contributed by atoms with Crippen LogP contribution in [0.5, 0.6) is 0 Å². The van der Waals surface area contributed by atoms with Crippen molar-refractivity contribution in [2.24, 2.45) is 0 Å². The van der Waals surface area contributed by atoms with E-state index in [4.69, 9.17) is 4.74 Å². The van der Waals surface area contributed by atoms with Crippen molar-refractivity contribution in [1.82, 2.24) is 9.62 Å². The van der Waals surface area contributed by atoms with Crippen LogP contribution < -0.4 is 5.32 Å². The van der Waals surface area contributed by atoms with Crippen molar-refractivity contribution >= 4 is 10.3 Å². The Balaban J connectivity index is 2.12. The molecule has 17 heavy (non-hydrogen) atoms. The molecule has 1 saturated heterocycles. The zero-order chi connectivity index (χ0) is 12.0. The van der Waals surface area contributed by atoms with Gasteiger partial charge in [-0.3, -0.25) is 9.87 Å². The number of hydrogen-bond acceptors (Lipinski definition) is 4. The molecule has 7 heteroatoms. The fourth-order valence-corrected chi connectivity index (χ4v) is 3.10. The van der Waals surface area contributed by atoms with E-state index in [9.17, 15) is 13.0 Å². The molecule has 0 bridgehead atoms. The standard InChI is InChI=1S/C10H12N2O4S/c13-17(14,15)12-6-11-8-4-3-7-2-1-5-16-10(7)9(8)12/h1-2,5,8,11H,3-4,6H2,(H,13,14,15). The maximum Gasteiger partial charge on any atom is 0.361 e. The molecule has 1 aliphatic carbocycles. The van der Waals surface area contributed by atoms with Gasteiger partial charge in [0.25, 0.3) is 0 Å². The molecule has 2 aliphatic heterocycles. The van der Waals surface area contributed by atoms with Crippen molar-refractivity contribution in [2.75, 3.05) is 6.67 Å². The van der Waals surface area contributed by atoms with Gasteiger partial charge >= 0.3 is 10.3 Å². The Kier molecular flexibility index (Phi) is 2.29. The number of rotatable bonds is 1. The van der Waals surface area contributed by atoms with Gasteiger partial charge in [0, 0.05) is 0 Å². The van der Waals surface area contributed by atoms with Crippen molar-refractivity contribution in [1.29, 1.82) is 0 Å². The first-order valence-electron chi connectivity index (χ1n) is 5.33. The number of fused-ring (bicyclic) bond motifs is 2. The topological polar surface area (TPSA) is 78.9 Å². The van der Waals surface area contributed by atoms with Crippen LogP contribution in [0.2, 0.25) is 0 Å². The summed E-state index contributed by atoms with van der Waals surface area (Å²) < 4.78 is 38.1. The highest BCUT2D eigenvalue weighted by Crippen LogP contribution is 2.37. The van der Waals surface area contributed by atoms with Gasteiger partial charge < -0.3 is 4.74 Å². The van der Waals surface area contributed by atoms with Crippen LogP contribution in [0.4, 0.5) is 0 Å². The lowest BCUT2D eigenvalue weighted by atomic mass is 9.93. The van der Waals surface area contributed by atoms with Crippen LogP contribution in [0.25, 0.3) is 0 Å². The first-order valence-corrected chi connectivity index (χ1v) is 6.72. The molecule has 2 heterocycles. The quantitative estimate of drug-likeness (QED) is 0.668. The van der Waals surface area contributed by atoms with Crippen LogP contribution in [0, 0.1) is 0 Å². The second-order valence-corrected chi connectivity index (χ2v) is 5.47. The van der Waals surface area contributed by atoms with Crippen molar-refractivity contribution in [2.45, 2.75) is 18.9 Å². The molecule has 0 spiro atoms. The number of ether oxygens (including phenoxy) is 1. The lowest BCUT2D eigenvalue weighted by Gasteiger charge is -2.28. The summed E-state index contributed by atoms with van der Waals surface area (Å²) in [5, 5.41) is 3.05. The van der Waals surface area contributed by atoms with Crippen LogP contribution in [0.1, 0.15) is 12.8 Å². The van der Waals surface area contributed by atoms with E-state index in [1.165, 1.54) is 6.26 Å². The first-order chi connectivity index (χ1) is 8.07. The lowest BCUT2D eigenvalue weighted by Crippen LogP contribution is -2.30. The largest absolute Gasteiger partial charge is 0.463 e. The Hall–Kier alpha value is -1.31. The molecule has 0 radical (unpaired) electrons. The van der Waals surface area contributed by atoms with E-state index in [0.29, 0.717) is 11.5 Å². The van der Waals surface area contributed by atoms with Crippen molar-refractivity contribution < 1.29 is 17.7 Å². The van der Waals surface area contributed by atoms with Crippen LogP contribution in [-0.4, -0.2) is 30.0 Å². The summed E-state index contributed by atoms with van der Waals surface area (Å²) in [4.78, 5) is 0. The third-order valence-corrected chi connectivity index (χ3v) is 4.03. The van der Waals surface area contributed by atoms with Gasteiger partial charge in [0.1, 0.15) is 0 Å². The summed E-state index contributed by atoms with van der Waals surface area (Å²) in [5.41, 5.74) is 1.48. The third kappa shape index (κ3) is 1.67. The average Bonchev–Trinajstić information content (AvgIpc) is 2.72. The molecule has 3 aliphatic rings. The molecule has 0 amide bonds. The predicted octanol–water partition coefficient (Wildman–Crippen LogP) is 0.496. The Labute approximate surface area is 99.1 Å². The summed E-state index contributed by atoms with van der Waals surface area (Å²) in [6.45, 7) is 0.0860. The Bertz CT molecular complexity index is 547. The normalized spacial score (nSPS) is 27.5. The molecule has 1 unspecified atom stereocenters. The molecule has 6 nitrogen and oxygen atoms in total. The van der Waals surface area contributed by atoms with E-state index in [1.54, 1.807) is 6.08 Å². The highest BCUT2D eigenvalue weighted by molar-refractivity contribution is 7.83. The minimum absolute atomic E-state index is 0.0735. The van der Waals surface area contributed by atoms with Crippen molar-refractivity contribution in [3.8, 4) is 0 Å². The van der Waals surface area contributed by atoms with Gasteiger partial charge in [-0.2, -0.15) is 8.42 Å². The highest BCUT2D eigenvalue weighted by atomic mass is 32.2. The fraction of sp³-hybridized carbons (Fsp3) is 0.400. The van der Waals surface area contributed by atoms with E-state index >= 15 is 0 Å². The molecule has 0 aromatic rings. The summed E-state index contributed by atoms with van der Waals surface area (Å²) in [6.07, 6.45) is 6.82. The van der Waals surface area contributed by atoms with Gasteiger partial charge in [-0.05, 0) is 24.5 Å². The third-order valence-electron chi connectivity index (χ3n) is 3.15. The molecule has 92 valence electrons. The summed E-state index contributed by atoms with van der Waals surface area (Å²) >= 11 is 0. The van der Waals surface area contributed by atoms with Crippen molar-refractivity contribution in [3.05, 3.63) is 35.4 Å². The Morgan fingerprint density at radius 1 is 1.53 bits per heavy atom. The number of nitrogens with zero attached hydrogens (tertiary/aromatic N) is 1. The number of allylic oxidation sites excluding steroid dienone is 3. The van der Waals surface area contributed by atoms with Gasteiger partial charge in [0.2, 0.25) is 0 Å². The van der Waals surface area contributed by atoms with Gasteiger partial charge in [-0.15, -0.1) is 0 Å². The number of nitrogens with one attached hydrogen (secondary N) is 1. The molecule has 0 saturated carbocycles. The van der Waals surface area contributed by atoms with E-state index in [0.717, 1.165) is 22.7 Å². The summed E-state index contributed by atoms with van der Waals surface area (Å²) in [6, 6.07) is -0.0735.